The van der Waals surface area contributed by atoms with Gasteiger partial charge >= 0.3 is 0 Å². The zero-order chi connectivity index (χ0) is 13.0. The summed E-state index contributed by atoms with van der Waals surface area (Å²) in [6.45, 7) is 0.309. The minimum Gasteiger partial charge on any atom is -0.398 e. The van der Waals surface area contributed by atoms with Crippen LogP contribution < -0.4 is 11.1 Å². The van der Waals surface area contributed by atoms with Gasteiger partial charge in [0, 0.05) is 17.6 Å². The number of para-hydroxylation sites is 1. The second kappa shape index (κ2) is 5.15. The van der Waals surface area contributed by atoms with E-state index in [-0.39, 0.29) is 18.0 Å². The first kappa shape index (κ1) is 11.9. The number of hydrogen-bond acceptors (Lipinski definition) is 4. The first-order valence-electron chi connectivity index (χ1n) is 5.53. The topological polar surface area (TPSA) is 91.8 Å². The Morgan fingerprint density at radius 1 is 1.44 bits per heavy atom. The van der Waals surface area contributed by atoms with Crippen molar-refractivity contribution < 1.29 is 4.79 Å². The predicted octanol–water partition coefficient (Wildman–Crippen LogP) is 1.46. The number of aromatic nitrogens is 1. The highest BCUT2D eigenvalue weighted by Gasteiger charge is 2.09. The number of nitrogen functional groups attached to an aromatic ring is 1. The van der Waals surface area contributed by atoms with Crippen LogP contribution in [-0.2, 0) is 0 Å². The van der Waals surface area contributed by atoms with E-state index in [9.17, 15) is 4.79 Å². The van der Waals surface area contributed by atoms with Gasteiger partial charge < -0.3 is 11.1 Å². The number of anilines is 1. The number of nitriles is 1. The van der Waals surface area contributed by atoms with Gasteiger partial charge in [0.15, 0.2) is 0 Å². The number of rotatable bonds is 3. The molecule has 0 saturated carbocycles. The molecule has 0 aliphatic heterocycles. The third-order valence-electron chi connectivity index (χ3n) is 2.50. The Hall–Kier alpha value is -2.61. The molecule has 0 atom stereocenters. The maximum Gasteiger partial charge on any atom is 0.270 e. The van der Waals surface area contributed by atoms with E-state index in [1.807, 2.05) is 24.3 Å². The number of amides is 1. The summed E-state index contributed by atoms with van der Waals surface area (Å²) in [6, 6.07) is 10.9. The monoisotopic (exact) mass is 240 g/mol. The van der Waals surface area contributed by atoms with E-state index in [1.165, 1.54) is 0 Å². The molecule has 1 heterocycles. The molecule has 5 nitrogen and oxygen atoms in total. The Morgan fingerprint density at radius 2 is 2.22 bits per heavy atom. The Bertz CT molecular complexity index is 630. The largest absolute Gasteiger partial charge is 0.398 e. The number of nitrogens with zero attached hydrogens (tertiary/aromatic N) is 2. The molecule has 0 spiro atoms. The van der Waals surface area contributed by atoms with E-state index in [1.54, 1.807) is 12.1 Å². The van der Waals surface area contributed by atoms with Gasteiger partial charge in [-0.3, -0.25) is 4.79 Å². The van der Waals surface area contributed by atoms with Gasteiger partial charge in [-0.15, -0.1) is 0 Å². The number of nitrogens with two attached hydrogens (primary N) is 1. The number of hydrogen-bond donors (Lipinski definition) is 2. The third kappa shape index (κ3) is 2.38. The highest BCUT2D eigenvalue weighted by atomic mass is 16.1. The minimum absolute atomic E-state index is 0.268. The molecule has 0 bridgehead atoms. The number of nitrogens with one attached hydrogen (secondary N) is 1. The van der Waals surface area contributed by atoms with E-state index in [2.05, 4.69) is 10.3 Å². The number of carbonyl (C=O) groups is 1. The molecule has 1 aromatic heterocycles. The molecule has 18 heavy (non-hydrogen) atoms. The zero-order valence-electron chi connectivity index (χ0n) is 9.68. The fourth-order valence-corrected chi connectivity index (χ4v) is 1.64. The summed E-state index contributed by atoms with van der Waals surface area (Å²) in [6.07, 6.45) is 0.273. The van der Waals surface area contributed by atoms with Crippen LogP contribution in [0.2, 0.25) is 0 Å². The van der Waals surface area contributed by atoms with Gasteiger partial charge in [-0.1, -0.05) is 18.2 Å². The normalized spacial score (nSPS) is 9.94. The molecule has 1 aromatic carbocycles. The van der Waals surface area contributed by atoms with Crippen LogP contribution in [-0.4, -0.2) is 17.4 Å². The van der Waals surface area contributed by atoms with Gasteiger partial charge in [0.05, 0.1) is 18.0 Å². The van der Waals surface area contributed by atoms with Crippen molar-refractivity contribution in [1.29, 1.82) is 5.26 Å². The first-order valence-corrected chi connectivity index (χ1v) is 5.53. The van der Waals surface area contributed by atoms with Gasteiger partial charge in [-0.25, -0.2) is 4.98 Å². The summed E-state index contributed by atoms with van der Waals surface area (Å²) in [4.78, 5) is 16.0. The van der Waals surface area contributed by atoms with Crippen molar-refractivity contribution in [2.75, 3.05) is 12.3 Å². The van der Waals surface area contributed by atoms with Crippen LogP contribution in [0.25, 0.3) is 10.9 Å². The van der Waals surface area contributed by atoms with E-state index in [0.717, 1.165) is 5.39 Å². The molecule has 0 aliphatic carbocycles. The van der Waals surface area contributed by atoms with Crippen molar-refractivity contribution >= 4 is 22.5 Å². The van der Waals surface area contributed by atoms with Crippen LogP contribution in [0.4, 0.5) is 5.69 Å². The molecule has 2 aromatic rings. The number of pyridine rings is 1. The van der Waals surface area contributed by atoms with E-state index < -0.39 is 0 Å². The molecule has 0 saturated heterocycles. The Kier molecular flexibility index (Phi) is 3.39. The average Bonchev–Trinajstić information content (AvgIpc) is 2.39. The zero-order valence-corrected chi connectivity index (χ0v) is 9.68. The maximum absolute atomic E-state index is 11.8. The van der Waals surface area contributed by atoms with Crippen LogP contribution >= 0.6 is 0 Å². The summed E-state index contributed by atoms with van der Waals surface area (Å²) < 4.78 is 0. The lowest BCUT2D eigenvalue weighted by Crippen LogP contribution is -2.25. The Morgan fingerprint density at radius 3 is 3.00 bits per heavy atom. The van der Waals surface area contributed by atoms with Crippen molar-refractivity contribution in [2.24, 2.45) is 0 Å². The van der Waals surface area contributed by atoms with Crippen molar-refractivity contribution in [1.82, 2.24) is 10.3 Å². The second-order valence-corrected chi connectivity index (χ2v) is 3.78. The van der Waals surface area contributed by atoms with Gasteiger partial charge in [-0.2, -0.15) is 5.26 Å². The highest BCUT2D eigenvalue weighted by molar-refractivity contribution is 5.99. The molecule has 0 radical (unpaired) electrons. The van der Waals surface area contributed by atoms with Crippen molar-refractivity contribution in [3.8, 4) is 6.07 Å². The van der Waals surface area contributed by atoms with Crippen LogP contribution in [0.1, 0.15) is 16.9 Å². The summed E-state index contributed by atoms with van der Waals surface area (Å²) in [5.41, 5.74) is 7.35. The molecule has 2 rings (SSSR count). The van der Waals surface area contributed by atoms with Crippen molar-refractivity contribution in [3.05, 3.63) is 36.0 Å². The lowest BCUT2D eigenvalue weighted by Gasteiger charge is -2.06. The summed E-state index contributed by atoms with van der Waals surface area (Å²) in [5.74, 6) is -0.317. The summed E-state index contributed by atoms with van der Waals surface area (Å²) in [5, 5.41) is 11.8. The van der Waals surface area contributed by atoms with Crippen LogP contribution in [0.3, 0.4) is 0 Å². The molecule has 1 amide bonds. The van der Waals surface area contributed by atoms with E-state index in [0.29, 0.717) is 17.7 Å². The van der Waals surface area contributed by atoms with Crippen molar-refractivity contribution in [3.63, 3.8) is 0 Å². The molecule has 0 unspecified atom stereocenters. The first-order chi connectivity index (χ1) is 8.72. The third-order valence-corrected chi connectivity index (χ3v) is 2.50. The predicted molar refractivity (Wildman–Crippen MR) is 68.7 cm³/mol. The van der Waals surface area contributed by atoms with Gasteiger partial charge in [0.2, 0.25) is 0 Å². The quantitative estimate of drug-likeness (QED) is 0.794. The molecule has 5 heteroatoms. The number of carbonyl (C=O) groups excluding carboxylic acids is 1. The second-order valence-electron chi connectivity index (χ2n) is 3.78. The highest BCUT2D eigenvalue weighted by Crippen LogP contribution is 2.19. The molecular weight excluding hydrogens is 228 g/mol. The van der Waals surface area contributed by atoms with Gasteiger partial charge in [0.1, 0.15) is 5.69 Å². The number of benzene rings is 1. The smallest absolute Gasteiger partial charge is 0.270 e. The van der Waals surface area contributed by atoms with E-state index >= 15 is 0 Å². The molecule has 0 aliphatic rings. The van der Waals surface area contributed by atoms with Crippen LogP contribution in [0.15, 0.2) is 30.3 Å². The molecule has 3 N–H and O–H groups in total. The van der Waals surface area contributed by atoms with Crippen LogP contribution in [0.5, 0.6) is 0 Å². The summed E-state index contributed by atoms with van der Waals surface area (Å²) in [7, 11) is 0. The maximum atomic E-state index is 11.8. The average molecular weight is 240 g/mol. The van der Waals surface area contributed by atoms with Gasteiger partial charge in [0.25, 0.3) is 5.91 Å². The fourth-order valence-electron chi connectivity index (χ4n) is 1.64. The lowest BCUT2D eigenvalue weighted by atomic mass is 10.1. The van der Waals surface area contributed by atoms with E-state index in [4.69, 9.17) is 11.0 Å². The SMILES string of the molecule is N#CCCNC(=O)c1cc(N)c2ccccc2n1. The number of fused-ring (bicyclic) bond motifs is 1. The standard InChI is InChI=1S/C13H12N4O/c14-6-3-7-16-13(18)12-8-10(15)9-4-1-2-5-11(9)17-12/h1-2,4-5,8H,3,7H2,(H2,15,17)(H,16,18). The van der Waals surface area contributed by atoms with Gasteiger partial charge in [-0.05, 0) is 12.1 Å². The molecular formula is C13H12N4O. The molecule has 0 fully saturated rings. The minimum atomic E-state index is -0.317. The van der Waals surface area contributed by atoms with Crippen molar-refractivity contribution in [2.45, 2.75) is 6.42 Å². The lowest BCUT2D eigenvalue weighted by molar-refractivity contribution is 0.0950. The fraction of sp³-hybridized carbons (Fsp3) is 0.154. The Balaban J connectivity index is 2.29. The Labute approximate surface area is 104 Å². The molecule has 90 valence electrons. The summed E-state index contributed by atoms with van der Waals surface area (Å²) >= 11 is 0. The van der Waals surface area contributed by atoms with Crippen LogP contribution in [0, 0.1) is 11.3 Å².